The molecule has 17 heteroatoms. The van der Waals surface area contributed by atoms with Gasteiger partial charge in [-0.05, 0) is 12.1 Å². The van der Waals surface area contributed by atoms with Crippen molar-refractivity contribution in [2.24, 2.45) is 0 Å². The summed E-state index contributed by atoms with van der Waals surface area (Å²) in [7, 11) is 0. The third kappa shape index (κ3) is 4.77. The molecule has 9 nitrogen and oxygen atoms in total. The highest BCUT2D eigenvalue weighted by Gasteiger charge is 2.41. The molecule has 0 bridgehead atoms. The number of halogens is 8. The molecule has 0 aliphatic rings. The van der Waals surface area contributed by atoms with E-state index in [-0.39, 0.29) is 10.6 Å². The van der Waals surface area contributed by atoms with Crippen LogP contribution in [0, 0.1) is 5.82 Å². The van der Waals surface area contributed by atoms with E-state index >= 15 is 0 Å². The summed E-state index contributed by atoms with van der Waals surface area (Å²) in [4.78, 5) is 39.6. The Kier molecular flexibility index (Phi) is 6.28. The zero-order valence-electron chi connectivity index (χ0n) is 16.5. The largest absolute Gasteiger partial charge is 0.454 e. The smallest absolute Gasteiger partial charge is 0.435 e. The van der Waals surface area contributed by atoms with E-state index in [1.807, 2.05) is 0 Å². The standard InChI is InChI=1S/C18H9ClF7N5O4/c19-7-3-8(20)9(30-12(32)5-11(17(21,22)23)31(28)16(30)34)4-10(7)35-15-13(27)6(1-2-29-15)14(33)18(24,25)26/h1-5H,27-28H2. The number of hydrogen-bond acceptors (Lipinski definition) is 7. The molecule has 2 heterocycles. The van der Waals surface area contributed by atoms with Crippen LogP contribution in [-0.2, 0) is 6.18 Å². The Labute approximate surface area is 192 Å². The van der Waals surface area contributed by atoms with Crippen molar-refractivity contribution < 1.29 is 40.3 Å². The quantitative estimate of drug-likeness (QED) is 0.302. The molecule has 0 radical (unpaired) electrons. The van der Waals surface area contributed by atoms with Gasteiger partial charge in [0.2, 0.25) is 5.88 Å². The van der Waals surface area contributed by atoms with Gasteiger partial charge in [-0.3, -0.25) is 9.59 Å². The van der Waals surface area contributed by atoms with Crippen molar-refractivity contribution in [1.29, 1.82) is 0 Å². The summed E-state index contributed by atoms with van der Waals surface area (Å²) in [6.45, 7) is 0. The van der Waals surface area contributed by atoms with Gasteiger partial charge >= 0.3 is 18.0 Å². The number of nitrogens with zero attached hydrogens (tertiary/aromatic N) is 3. The number of nitrogens with two attached hydrogens (primary N) is 2. The number of nitrogen functional groups attached to an aromatic ring is 2. The number of carbonyl (C=O) groups excluding carboxylic acids is 1. The lowest BCUT2D eigenvalue weighted by atomic mass is 10.1. The van der Waals surface area contributed by atoms with Crippen molar-refractivity contribution in [3.8, 4) is 17.3 Å². The summed E-state index contributed by atoms with van der Waals surface area (Å²) in [5, 5.41) is -0.576. The molecule has 0 fully saturated rings. The molecule has 1 aromatic carbocycles. The summed E-state index contributed by atoms with van der Waals surface area (Å²) in [5.41, 5.74) is -2.62. The van der Waals surface area contributed by atoms with Crippen LogP contribution in [0.4, 0.5) is 36.4 Å². The van der Waals surface area contributed by atoms with Gasteiger partial charge in [-0.1, -0.05) is 11.6 Å². The Bertz CT molecular complexity index is 1460. The van der Waals surface area contributed by atoms with Crippen LogP contribution in [0.2, 0.25) is 5.02 Å². The van der Waals surface area contributed by atoms with E-state index in [1.165, 1.54) is 0 Å². The summed E-state index contributed by atoms with van der Waals surface area (Å²) in [5.74, 6) is -0.0408. The van der Waals surface area contributed by atoms with Crippen molar-refractivity contribution in [2.75, 3.05) is 11.6 Å². The summed E-state index contributed by atoms with van der Waals surface area (Å²) in [6, 6.07) is 1.63. The summed E-state index contributed by atoms with van der Waals surface area (Å²) in [6.07, 6.45) is -9.75. The highest BCUT2D eigenvalue weighted by Crippen LogP contribution is 2.36. The molecular weight excluding hydrogens is 519 g/mol. The van der Waals surface area contributed by atoms with Crippen molar-refractivity contribution >= 4 is 23.1 Å². The molecule has 0 saturated heterocycles. The van der Waals surface area contributed by atoms with Gasteiger partial charge in [0.15, 0.2) is 5.69 Å². The maximum absolute atomic E-state index is 14.5. The van der Waals surface area contributed by atoms with Crippen LogP contribution in [0.3, 0.4) is 0 Å². The van der Waals surface area contributed by atoms with Crippen molar-refractivity contribution in [1.82, 2.24) is 14.2 Å². The van der Waals surface area contributed by atoms with Crippen LogP contribution in [0.15, 0.2) is 40.1 Å². The molecular formula is C18H9ClF7N5O4. The monoisotopic (exact) mass is 527 g/mol. The summed E-state index contributed by atoms with van der Waals surface area (Å²) < 4.78 is 96.4. The van der Waals surface area contributed by atoms with Crippen LogP contribution in [0.5, 0.6) is 11.6 Å². The minimum atomic E-state index is -5.29. The predicted octanol–water partition coefficient (Wildman–Crippen LogP) is 3.04. The first kappa shape index (κ1) is 25.5. The fraction of sp³-hybridized carbons (Fsp3) is 0.111. The third-order valence-electron chi connectivity index (χ3n) is 4.33. The zero-order valence-corrected chi connectivity index (χ0v) is 17.3. The second-order valence-electron chi connectivity index (χ2n) is 6.59. The summed E-state index contributed by atoms with van der Waals surface area (Å²) >= 11 is 5.84. The third-order valence-corrected chi connectivity index (χ3v) is 4.63. The Morgan fingerprint density at radius 1 is 1.09 bits per heavy atom. The number of benzene rings is 1. The average Bonchev–Trinajstić information content (AvgIpc) is 2.73. The van der Waals surface area contributed by atoms with E-state index in [0.29, 0.717) is 18.2 Å². The molecule has 2 aromatic heterocycles. The molecule has 0 spiro atoms. The maximum atomic E-state index is 14.5. The molecule has 186 valence electrons. The number of Topliss-reactive ketones (excluding diaryl/α,β-unsaturated/α-hetero) is 1. The van der Waals surface area contributed by atoms with Crippen LogP contribution in [0.25, 0.3) is 5.69 Å². The van der Waals surface area contributed by atoms with Crippen LogP contribution in [-0.4, -0.2) is 26.2 Å². The minimum absolute atomic E-state index is 0.0677. The number of alkyl halides is 6. The average molecular weight is 528 g/mol. The second kappa shape index (κ2) is 8.61. The first-order valence-electron chi connectivity index (χ1n) is 8.78. The van der Waals surface area contributed by atoms with Crippen LogP contribution >= 0.6 is 11.6 Å². The Morgan fingerprint density at radius 2 is 1.71 bits per heavy atom. The highest BCUT2D eigenvalue weighted by molar-refractivity contribution is 6.32. The number of rotatable bonds is 4. The van der Waals surface area contributed by atoms with Gasteiger partial charge < -0.3 is 16.3 Å². The number of aromatic nitrogens is 3. The normalized spacial score (nSPS) is 12.0. The number of ketones is 1. The number of hydrogen-bond donors (Lipinski definition) is 2. The van der Waals surface area contributed by atoms with E-state index < -0.39 is 79.2 Å². The first-order valence-corrected chi connectivity index (χ1v) is 9.16. The number of ether oxygens (including phenoxy) is 1. The first-order chi connectivity index (χ1) is 16.0. The number of pyridine rings is 1. The van der Waals surface area contributed by atoms with Crippen molar-refractivity contribution in [3.05, 3.63) is 73.4 Å². The van der Waals surface area contributed by atoms with Crippen LogP contribution < -0.4 is 27.6 Å². The van der Waals surface area contributed by atoms with Gasteiger partial charge in [-0.25, -0.2) is 23.4 Å². The lowest BCUT2D eigenvalue weighted by Crippen LogP contribution is -2.45. The van der Waals surface area contributed by atoms with Gasteiger partial charge in [0, 0.05) is 18.3 Å². The lowest BCUT2D eigenvalue weighted by Gasteiger charge is -2.16. The molecule has 0 aliphatic heterocycles. The SMILES string of the molecule is Nc1c(C(=O)C(F)(F)F)ccnc1Oc1cc(-n2c(=O)cc(C(F)(F)F)n(N)c2=O)c(F)cc1Cl. The predicted molar refractivity (Wildman–Crippen MR) is 106 cm³/mol. The minimum Gasteiger partial charge on any atom is -0.435 e. The van der Waals surface area contributed by atoms with Gasteiger partial charge in [0.25, 0.3) is 11.3 Å². The lowest BCUT2D eigenvalue weighted by molar-refractivity contribution is -0.143. The van der Waals surface area contributed by atoms with Crippen LogP contribution in [0.1, 0.15) is 16.1 Å². The van der Waals surface area contributed by atoms with E-state index in [4.69, 9.17) is 27.9 Å². The fourth-order valence-corrected chi connectivity index (χ4v) is 2.94. The molecule has 35 heavy (non-hydrogen) atoms. The molecule has 3 rings (SSSR count). The van der Waals surface area contributed by atoms with E-state index in [1.54, 1.807) is 0 Å². The van der Waals surface area contributed by atoms with E-state index in [9.17, 15) is 45.1 Å². The van der Waals surface area contributed by atoms with E-state index in [2.05, 4.69) is 4.98 Å². The van der Waals surface area contributed by atoms with Gasteiger partial charge in [-0.2, -0.15) is 26.3 Å². The van der Waals surface area contributed by atoms with Gasteiger partial charge in [-0.15, -0.1) is 0 Å². The molecule has 0 amide bonds. The van der Waals surface area contributed by atoms with E-state index in [0.717, 1.165) is 6.20 Å². The zero-order chi connectivity index (χ0) is 26.5. The molecule has 4 N–H and O–H groups in total. The topological polar surface area (TPSA) is 135 Å². The molecule has 0 saturated carbocycles. The fourth-order valence-electron chi connectivity index (χ4n) is 2.75. The second-order valence-corrected chi connectivity index (χ2v) is 7.00. The van der Waals surface area contributed by atoms with Gasteiger partial charge in [0.1, 0.15) is 17.3 Å². The number of carbonyl (C=O) groups is 1. The Hall–Kier alpha value is -4.08. The Balaban J connectivity index is 2.16. The Morgan fingerprint density at radius 3 is 2.29 bits per heavy atom. The maximum Gasteiger partial charge on any atom is 0.454 e. The molecule has 0 unspecified atom stereocenters. The van der Waals surface area contributed by atoms with Crippen molar-refractivity contribution in [3.63, 3.8) is 0 Å². The molecule has 3 aromatic rings. The van der Waals surface area contributed by atoms with Gasteiger partial charge in [0.05, 0.1) is 16.3 Å². The number of anilines is 1. The molecule has 0 atom stereocenters. The highest BCUT2D eigenvalue weighted by atomic mass is 35.5. The molecule has 0 aliphatic carbocycles. The van der Waals surface area contributed by atoms with Crippen molar-refractivity contribution in [2.45, 2.75) is 12.4 Å².